The highest BCUT2D eigenvalue weighted by Crippen LogP contribution is 2.04. The molecule has 5 nitrogen and oxygen atoms in total. The first-order valence-electron chi connectivity index (χ1n) is 6.30. The van der Waals surface area contributed by atoms with Crippen LogP contribution in [0.1, 0.15) is 19.4 Å². The molecule has 1 aromatic carbocycles. The van der Waals surface area contributed by atoms with Gasteiger partial charge >= 0.3 is 0 Å². The number of carbonyl (C=O) groups is 2. The molecular weight excluding hydrogens is 244 g/mol. The molecular formula is C14H20N2O3. The Labute approximate surface area is 112 Å². The lowest BCUT2D eigenvalue weighted by Gasteiger charge is -2.22. The van der Waals surface area contributed by atoms with E-state index in [1.807, 2.05) is 44.2 Å². The number of quaternary nitrogens is 1. The summed E-state index contributed by atoms with van der Waals surface area (Å²) in [6.07, 6.45) is 0.208. The summed E-state index contributed by atoms with van der Waals surface area (Å²) in [5.74, 6) is -1.59. The molecule has 1 aromatic rings. The minimum absolute atomic E-state index is 0.0547. The van der Waals surface area contributed by atoms with Crippen LogP contribution >= 0.6 is 0 Å². The summed E-state index contributed by atoms with van der Waals surface area (Å²) in [7, 11) is 0. The second-order valence-electron chi connectivity index (χ2n) is 4.92. The van der Waals surface area contributed by atoms with Crippen molar-refractivity contribution >= 4 is 11.9 Å². The minimum Gasteiger partial charge on any atom is -0.548 e. The number of nitrogens with one attached hydrogen (secondary N) is 1. The van der Waals surface area contributed by atoms with Gasteiger partial charge in [0.25, 0.3) is 5.91 Å². The van der Waals surface area contributed by atoms with E-state index in [4.69, 9.17) is 0 Å². The second kappa shape index (κ2) is 6.89. The third kappa shape index (κ3) is 4.71. The number of carboxylic acid groups (broad SMARTS) is 1. The van der Waals surface area contributed by atoms with Crippen LogP contribution in [0.2, 0.25) is 0 Å². The number of hydrogen-bond donors (Lipinski definition) is 2. The van der Waals surface area contributed by atoms with Crippen LogP contribution in [-0.4, -0.2) is 24.0 Å². The Morgan fingerprint density at radius 1 is 1.26 bits per heavy atom. The van der Waals surface area contributed by atoms with Crippen molar-refractivity contribution in [1.29, 1.82) is 0 Å². The van der Waals surface area contributed by atoms with Crippen LogP contribution in [0, 0.1) is 5.92 Å². The van der Waals surface area contributed by atoms with Gasteiger partial charge in [-0.05, 0) is 12.0 Å². The molecule has 4 N–H and O–H groups in total. The van der Waals surface area contributed by atoms with Crippen molar-refractivity contribution in [3.63, 3.8) is 0 Å². The Kier molecular flexibility index (Phi) is 5.51. The zero-order valence-electron chi connectivity index (χ0n) is 11.3. The molecule has 0 aliphatic heterocycles. The van der Waals surface area contributed by atoms with Crippen molar-refractivity contribution in [2.75, 3.05) is 0 Å². The van der Waals surface area contributed by atoms with Crippen molar-refractivity contribution in [1.82, 2.24) is 5.32 Å². The maximum atomic E-state index is 11.8. The molecule has 2 atom stereocenters. The van der Waals surface area contributed by atoms with Crippen molar-refractivity contribution in [2.24, 2.45) is 5.92 Å². The molecule has 0 heterocycles. The molecule has 0 spiro atoms. The average Bonchev–Trinajstić information content (AvgIpc) is 2.37. The van der Waals surface area contributed by atoms with Gasteiger partial charge in [-0.3, -0.25) is 4.79 Å². The van der Waals surface area contributed by atoms with Crippen LogP contribution in [0.5, 0.6) is 0 Å². The van der Waals surface area contributed by atoms with Gasteiger partial charge in [0.15, 0.2) is 6.04 Å². The summed E-state index contributed by atoms with van der Waals surface area (Å²) >= 11 is 0. The molecule has 1 amide bonds. The van der Waals surface area contributed by atoms with E-state index >= 15 is 0 Å². The van der Waals surface area contributed by atoms with Crippen molar-refractivity contribution in [3.8, 4) is 0 Å². The Hall–Kier alpha value is -1.88. The number of benzene rings is 1. The van der Waals surface area contributed by atoms with E-state index in [2.05, 4.69) is 11.1 Å². The molecule has 104 valence electrons. The first-order valence-corrected chi connectivity index (χ1v) is 6.30. The SMILES string of the molecule is CC(C)[C@@H]([NH3+])C(=O)N[C@H](Cc1ccccc1)C(=O)[O-]. The topological polar surface area (TPSA) is 96.9 Å². The summed E-state index contributed by atoms with van der Waals surface area (Å²) < 4.78 is 0. The molecule has 0 saturated carbocycles. The van der Waals surface area contributed by atoms with Crippen LogP contribution in [0.3, 0.4) is 0 Å². The predicted molar refractivity (Wildman–Crippen MR) is 68.6 cm³/mol. The van der Waals surface area contributed by atoms with E-state index in [0.717, 1.165) is 5.56 Å². The van der Waals surface area contributed by atoms with Gasteiger partial charge in [0.05, 0.1) is 12.0 Å². The lowest BCUT2D eigenvalue weighted by atomic mass is 10.0. The van der Waals surface area contributed by atoms with Gasteiger partial charge in [-0.15, -0.1) is 0 Å². The van der Waals surface area contributed by atoms with Crippen LogP contribution in [0.15, 0.2) is 30.3 Å². The molecule has 0 bridgehead atoms. The lowest BCUT2D eigenvalue weighted by Crippen LogP contribution is -2.71. The summed E-state index contributed by atoms with van der Waals surface area (Å²) in [4.78, 5) is 22.9. The van der Waals surface area contributed by atoms with Crippen LogP contribution in [-0.2, 0) is 16.0 Å². The van der Waals surface area contributed by atoms with E-state index < -0.39 is 18.1 Å². The molecule has 1 rings (SSSR count). The van der Waals surface area contributed by atoms with Crippen LogP contribution < -0.4 is 16.2 Å². The summed E-state index contributed by atoms with van der Waals surface area (Å²) in [5, 5.41) is 13.6. The number of aliphatic carboxylic acids is 1. The maximum absolute atomic E-state index is 11.8. The van der Waals surface area contributed by atoms with Crippen molar-refractivity contribution in [3.05, 3.63) is 35.9 Å². The van der Waals surface area contributed by atoms with Crippen molar-refractivity contribution < 1.29 is 20.4 Å². The highest BCUT2D eigenvalue weighted by Gasteiger charge is 2.24. The lowest BCUT2D eigenvalue weighted by molar-refractivity contribution is -0.414. The first kappa shape index (κ1) is 15.2. The summed E-state index contributed by atoms with van der Waals surface area (Å²) in [6, 6.07) is 7.61. The number of carboxylic acids is 1. The van der Waals surface area contributed by atoms with Gasteiger partial charge in [-0.2, -0.15) is 0 Å². The van der Waals surface area contributed by atoms with E-state index in [0.29, 0.717) is 0 Å². The number of carbonyl (C=O) groups excluding carboxylic acids is 2. The molecule has 0 aromatic heterocycles. The van der Waals surface area contributed by atoms with Crippen LogP contribution in [0.25, 0.3) is 0 Å². The number of hydrogen-bond acceptors (Lipinski definition) is 3. The Morgan fingerprint density at radius 3 is 2.32 bits per heavy atom. The fourth-order valence-corrected chi connectivity index (χ4v) is 1.62. The van der Waals surface area contributed by atoms with Crippen LogP contribution in [0.4, 0.5) is 0 Å². The monoisotopic (exact) mass is 264 g/mol. The fraction of sp³-hybridized carbons (Fsp3) is 0.429. The Balaban J connectivity index is 2.69. The van der Waals surface area contributed by atoms with Gasteiger partial charge in [0.2, 0.25) is 0 Å². The van der Waals surface area contributed by atoms with E-state index in [1.54, 1.807) is 0 Å². The number of rotatable bonds is 6. The van der Waals surface area contributed by atoms with E-state index in [-0.39, 0.29) is 18.2 Å². The first-order chi connectivity index (χ1) is 8.91. The maximum Gasteiger partial charge on any atom is 0.278 e. The van der Waals surface area contributed by atoms with Gasteiger partial charge in [0.1, 0.15) is 0 Å². The van der Waals surface area contributed by atoms with Gasteiger partial charge < -0.3 is 21.0 Å². The van der Waals surface area contributed by atoms with Gasteiger partial charge in [-0.25, -0.2) is 0 Å². The average molecular weight is 264 g/mol. The molecule has 0 aliphatic rings. The highest BCUT2D eigenvalue weighted by molar-refractivity contribution is 5.85. The second-order valence-corrected chi connectivity index (χ2v) is 4.92. The molecule has 0 fully saturated rings. The predicted octanol–water partition coefficient (Wildman–Crippen LogP) is -1.27. The standard InChI is InChI=1S/C14H20N2O3/c1-9(2)12(15)13(17)16-11(14(18)19)8-10-6-4-3-5-7-10/h3-7,9,11-12H,8,15H2,1-2H3,(H,16,17)(H,18,19)/t11-,12-/m1/s1. The largest absolute Gasteiger partial charge is 0.548 e. The molecule has 5 heteroatoms. The fourth-order valence-electron chi connectivity index (χ4n) is 1.62. The van der Waals surface area contributed by atoms with E-state index in [9.17, 15) is 14.7 Å². The number of amides is 1. The Bertz CT molecular complexity index is 432. The summed E-state index contributed by atoms with van der Waals surface area (Å²) in [6.45, 7) is 3.73. The third-order valence-electron chi connectivity index (χ3n) is 3.03. The van der Waals surface area contributed by atoms with Gasteiger partial charge in [0, 0.05) is 5.92 Å². The highest BCUT2D eigenvalue weighted by atomic mass is 16.4. The third-order valence-corrected chi connectivity index (χ3v) is 3.03. The zero-order chi connectivity index (χ0) is 14.4. The van der Waals surface area contributed by atoms with Crippen molar-refractivity contribution in [2.45, 2.75) is 32.4 Å². The van der Waals surface area contributed by atoms with Gasteiger partial charge in [-0.1, -0.05) is 44.2 Å². The molecule has 0 unspecified atom stereocenters. The minimum atomic E-state index is -1.28. The van der Waals surface area contributed by atoms with E-state index in [1.165, 1.54) is 0 Å². The molecule has 0 saturated heterocycles. The zero-order valence-corrected chi connectivity index (χ0v) is 11.3. The normalized spacial score (nSPS) is 13.9. The molecule has 0 radical (unpaired) electrons. The molecule has 0 aliphatic carbocycles. The Morgan fingerprint density at radius 2 is 1.84 bits per heavy atom. The smallest absolute Gasteiger partial charge is 0.278 e. The summed E-state index contributed by atoms with van der Waals surface area (Å²) in [5.41, 5.74) is 4.57. The molecule has 19 heavy (non-hydrogen) atoms. The quantitative estimate of drug-likeness (QED) is 0.670.